The molecule has 0 aromatic rings. The minimum atomic E-state index is -1.05. The fourth-order valence-electron chi connectivity index (χ4n) is 10.7. The standard InChI is InChI=1S/C30H46O5/c1-18-9-14-30(24(33)34)16-15-27(4)19(23(30)29(18,6)35)7-8-21-25(2)12-11-22(32)26(3,17-31)20(25)10-13-28(21,27)5/h7,18,20-21,23,31,35H,8-17H2,1-6H3,(H,33,34)/t18-,20?,21-,23-,25+,26?,27-,28-,29-,30+/m1/s1. The van der Waals surface area contributed by atoms with Gasteiger partial charge in [-0.05, 0) is 92.3 Å². The van der Waals surface area contributed by atoms with E-state index in [4.69, 9.17) is 0 Å². The summed E-state index contributed by atoms with van der Waals surface area (Å²) in [7, 11) is 0. The lowest BCUT2D eigenvalue weighted by molar-refractivity contribution is -0.209. The molecule has 5 heteroatoms. The smallest absolute Gasteiger partial charge is 0.310 e. The third kappa shape index (κ3) is 2.83. The van der Waals surface area contributed by atoms with Gasteiger partial charge < -0.3 is 15.3 Å². The molecule has 5 nitrogen and oxygen atoms in total. The molecule has 0 bridgehead atoms. The van der Waals surface area contributed by atoms with Crippen LogP contribution in [0.1, 0.15) is 99.3 Å². The Morgan fingerprint density at radius 1 is 1.00 bits per heavy atom. The van der Waals surface area contributed by atoms with Crippen molar-refractivity contribution in [1.29, 1.82) is 0 Å². The van der Waals surface area contributed by atoms with Gasteiger partial charge in [-0.1, -0.05) is 46.3 Å². The van der Waals surface area contributed by atoms with Crippen molar-refractivity contribution in [3.63, 3.8) is 0 Å². The molecule has 35 heavy (non-hydrogen) atoms. The van der Waals surface area contributed by atoms with E-state index >= 15 is 0 Å². The van der Waals surface area contributed by atoms with Gasteiger partial charge in [-0.3, -0.25) is 9.59 Å². The predicted octanol–water partition coefficient (Wildman–Crippen LogP) is 5.39. The van der Waals surface area contributed by atoms with Crippen molar-refractivity contribution in [1.82, 2.24) is 0 Å². The Balaban J connectivity index is 1.64. The first kappa shape index (κ1) is 25.4. The fraction of sp³-hybridized carbons (Fsp3) is 0.867. The predicted molar refractivity (Wildman–Crippen MR) is 134 cm³/mol. The number of hydrogen-bond acceptors (Lipinski definition) is 4. The molecule has 0 aromatic heterocycles. The largest absolute Gasteiger partial charge is 0.481 e. The van der Waals surface area contributed by atoms with E-state index in [9.17, 15) is 24.9 Å². The molecule has 4 fully saturated rings. The summed E-state index contributed by atoms with van der Waals surface area (Å²) in [5.74, 6) is -0.321. The molecule has 5 aliphatic carbocycles. The summed E-state index contributed by atoms with van der Waals surface area (Å²) in [5.41, 5.74) is -1.70. The zero-order valence-electron chi connectivity index (χ0n) is 22.6. The molecular weight excluding hydrogens is 440 g/mol. The van der Waals surface area contributed by atoms with E-state index in [0.717, 1.165) is 38.5 Å². The Hall–Kier alpha value is -1.20. The quantitative estimate of drug-likeness (QED) is 0.455. The van der Waals surface area contributed by atoms with E-state index in [2.05, 4.69) is 33.8 Å². The van der Waals surface area contributed by atoms with Crippen molar-refractivity contribution in [2.75, 3.05) is 6.61 Å². The Bertz CT molecular complexity index is 983. The second-order valence-corrected chi connectivity index (χ2v) is 14.4. The molecule has 5 rings (SSSR count). The molecule has 0 aliphatic heterocycles. The van der Waals surface area contributed by atoms with E-state index in [1.807, 2.05) is 13.8 Å². The number of aliphatic hydroxyl groups is 2. The van der Waals surface area contributed by atoms with E-state index in [-0.39, 0.29) is 46.4 Å². The number of carboxylic acids is 1. The first-order valence-corrected chi connectivity index (χ1v) is 14.0. The number of carbonyl (C=O) groups excluding carboxylic acids is 1. The highest BCUT2D eigenvalue weighted by molar-refractivity contribution is 5.86. The maximum Gasteiger partial charge on any atom is 0.310 e. The summed E-state index contributed by atoms with van der Waals surface area (Å²) in [6.07, 6.45) is 9.29. The van der Waals surface area contributed by atoms with Crippen LogP contribution in [0, 0.1) is 50.7 Å². The lowest BCUT2D eigenvalue weighted by Gasteiger charge is -2.71. The Morgan fingerprint density at radius 3 is 2.31 bits per heavy atom. The van der Waals surface area contributed by atoms with Crippen LogP contribution in [0.5, 0.6) is 0 Å². The van der Waals surface area contributed by atoms with E-state index in [0.29, 0.717) is 25.2 Å². The first-order chi connectivity index (χ1) is 16.1. The molecule has 2 unspecified atom stereocenters. The SMILES string of the molecule is C[C@@H]1CC[C@]2(C(=O)O)CC[C@]3(C)C(=CC[C@@H]4[C@@]5(C)CCC(=O)C(C)(CO)C5CC[C@]43C)[C@@H]2[C@]1(C)O. The fourth-order valence-corrected chi connectivity index (χ4v) is 10.7. The lowest BCUT2D eigenvalue weighted by atomic mass is 9.33. The molecule has 5 aliphatic rings. The maximum atomic E-state index is 13.0. The third-order valence-corrected chi connectivity index (χ3v) is 13.4. The van der Waals surface area contributed by atoms with Crippen molar-refractivity contribution < 1.29 is 24.9 Å². The summed E-state index contributed by atoms with van der Waals surface area (Å²) in [4.78, 5) is 25.8. The van der Waals surface area contributed by atoms with Crippen LogP contribution in [0.3, 0.4) is 0 Å². The number of fused-ring (bicyclic) bond motifs is 7. The summed E-state index contributed by atoms with van der Waals surface area (Å²) >= 11 is 0. The van der Waals surface area contributed by atoms with Gasteiger partial charge in [0.05, 0.1) is 23.0 Å². The van der Waals surface area contributed by atoms with Gasteiger partial charge in [0.25, 0.3) is 0 Å². The molecule has 0 aromatic carbocycles. The van der Waals surface area contributed by atoms with Gasteiger partial charge in [-0.25, -0.2) is 0 Å². The number of Topliss-reactive ketones (excluding diaryl/α,β-unsaturated/α-hetero) is 1. The minimum Gasteiger partial charge on any atom is -0.481 e. The average molecular weight is 487 g/mol. The van der Waals surface area contributed by atoms with Crippen molar-refractivity contribution in [3.05, 3.63) is 11.6 Å². The highest BCUT2D eigenvalue weighted by Crippen LogP contribution is 2.75. The number of ketones is 1. The summed E-state index contributed by atoms with van der Waals surface area (Å²) in [6.45, 7) is 13.0. The molecule has 0 amide bonds. The highest BCUT2D eigenvalue weighted by Gasteiger charge is 2.71. The zero-order valence-corrected chi connectivity index (χ0v) is 22.6. The van der Waals surface area contributed by atoms with Gasteiger partial charge in [0, 0.05) is 12.3 Å². The average Bonchev–Trinajstić information content (AvgIpc) is 2.79. The monoisotopic (exact) mass is 486 g/mol. The van der Waals surface area contributed by atoms with Gasteiger partial charge in [-0.2, -0.15) is 0 Å². The van der Waals surface area contributed by atoms with Gasteiger partial charge in [-0.15, -0.1) is 0 Å². The van der Waals surface area contributed by atoms with Crippen LogP contribution in [0.15, 0.2) is 11.6 Å². The van der Waals surface area contributed by atoms with Crippen LogP contribution in [0.25, 0.3) is 0 Å². The summed E-state index contributed by atoms with van der Waals surface area (Å²) in [5, 5.41) is 32.8. The molecule has 196 valence electrons. The number of carboxylic acid groups (broad SMARTS) is 1. The van der Waals surface area contributed by atoms with Crippen LogP contribution < -0.4 is 0 Å². The van der Waals surface area contributed by atoms with Gasteiger partial charge in [0.2, 0.25) is 0 Å². The second kappa shape index (κ2) is 7.43. The summed E-state index contributed by atoms with van der Waals surface area (Å²) < 4.78 is 0. The van der Waals surface area contributed by atoms with Crippen molar-refractivity contribution in [3.8, 4) is 0 Å². The molecular formula is C30H46O5. The van der Waals surface area contributed by atoms with Crippen LogP contribution >= 0.6 is 0 Å². The molecule has 0 saturated heterocycles. The molecule has 0 heterocycles. The number of aliphatic carboxylic acids is 1. The van der Waals surface area contributed by atoms with Crippen molar-refractivity contribution >= 4 is 11.8 Å². The number of rotatable bonds is 2. The summed E-state index contributed by atoms with van der Waals surface area (Å²) in [6, 6.07) is 0. The van der Waals surface area contributed by atoms with E-state index in [1.165, 1.54) is 5.57 Å². The minimum absolute atomic E-state index is 0.0412. The molecule has 10 atom stereocenters. The zero-order chi connectivity index (χ0) is 25.8. The van der Waals surface area contributed by atoms with E-state index in [1.54, 1.807) is 0 Å². The second-order valence-electron chi connectivity index (χ2n) is 14.4. The lowest BCUT2D eigenvalue weighted by Crippen LogP contribution is -2.67. The first-order valence-electron chi connectivity index (χ1n) is 14.0. The number of carbonyl (C=O) groups is 2. The van der Waals surface area contributed by atoms with Crippen LogP contribution in [-0.4, -0.2) is 39.3 Å². The number of hydrogen-bond donors (Lipinski definition) is 3. The number of allylic oxidation sites excluding steroid dienone is 1. The maximum absolute atomic E-state index is 13.0. The molecule has 0 spiro atoms. The van der Waals surface area contributed by atoms with Crippen molar-refractivity contribution in [2.24, 2.45) is 50.7 Å². The van der Waals surface area contributed by atoms with Crippen LogP contribution in [0.2, 0.25) is 0 Å². The number of aliphatic hydroxyl groups excluding tert-OH is 1. The molecule has 4 saturated carbocycles. The van der Waals surface area contributed by atoms with Gasteiger partial charge in [0.15, 0.2) is 0 Å². The Morgan fingerprint density at radius 2 is 1.69 bits per heavy atom. The van der Waals surface area contributed by atoms with Gasteiger partial charge >= 0.3 is 5.97 Å². The molecule has 0 radical (unpaired) electrons. The highest BCUT2D eigenvalue weighted by atomic mass is 16.4. The molecule has 3 N–H and O–H groups in total. The van der Waals surface area contributed by atoms with Crippen molar-refractivity contribution in [2.45, 2.75) is 105 Å². The third-order valence-electron chi connectivity index (χ3n) is 13.4. The topological polar surface area (TPSA) is 94.8 Å². The van der Waals surface area contributed by atoms with Gasteiger partial charge in [0.1, 0.15) is 5.78 Å². The Labute approximate surface area is 210 Å². The van der Waals surface area contributed by atoms with Crippen LogP contribution in [-0.2, 0) is 9.59 Å². The Kier molecular flexibility index (Phi) is 5.40. The normalized spacial score (nSPS) is 55.7. The van der Waals surface area contributed by atoms with Crippen LogP contribution in [0.4, 0.5) is 0 Å². The van der Waals surface area contributed by atoms with E-state index < -0.39 is 22.4 Å².